The van der Waals surface area contributed by atoms with Crippen molar-refractivity contribution in [3.63, 3.8) is 0 Å². The third-order valence-corrected chi connectivity index (χ3v) is 6.59. The second kappa shape index (κ2) is 10.3. The van der Waals surface area contributed by atoms with E-state index in [2.05, 4.69) is 86.7 Å². The zero-order chi connectivity index (χ0) is 21.6. The Labute approximate surface area is 182 Å². The van der Waals surface area contributed by atoms with Crippen molar-refractivity contribution in [2.45, 2.75) is 51.2 Å². The van der Waals surface area contributed by atoms with E-state index >= 15 is 0 Å². The van der Waals surface area contributed by atoms with E-state index in [1.54, 1.807) is 7.11 Å². The highest BCUT2D eigenvalue weighted by Gasteiger charge is 2.41. The molecule has 0 aliphatic carbocycles. The Morgan fingerprint density at radius 2 is 1.87 bits per heavy atom. The largest absolute Gasteiger partial charge is 0.496 e. The van der Waals surface area contributed by atoms with Crippen LogP contribution in [0.15, 0.2) is 48.5 Å². The summed E-state index contributed by atoms with van der Waals surface area (Å²) < 4.78 is 11.9. The number of anilines is 1. The third kappa shape index (κ3) is 5.35. The number of nitrogens with two attached hydrogens (primary N) is 1. The van der Waals surface area contributed by atoms with Gasteiger partial charge in [-0.25, -0.2) is 0 Å². The average Bonchev–Trinajstić information content (AvgIpc) is 2.77. The first-order valence-corrected chi connectivity index (χ1v) is 11.3. The third-order valence-electron chi connectivity index (χ3n) is 6.59. The van der Waals surface area contributed by atoms with Gasteiger partial charge in [-0.2, -0.15) is 0 Å². The number of hydrogen-bond donors (Lipinski definition) is 1. The van der Waals surface area contributed by atoms with E-state index in [0.29, 0.717) is 12.0 Å². The van der Waals surface area contributed by atoms with E-state index in [-0.39, 0.29) is 5.41 Å². The van der Waals surface area contributed by atoms with E-state index in [9.17, 15) is 0 Å². The number of benzene rings is 2. The molecule has 0 unspecified atom stereocenters. The van der Waals surface area contributed by atoms with Crippen LogP contribution in [-0.4, -0.2) is 40.5 Å². The van der Waals surface area contributed by atoms with Crippen LogP contribution in [0.3, 0.4) is 0 Å². The molecule has 4 heteroatoms. The van der Waals surface area contributed by atoms with Crippen molar-refractivity contribution in [1.82, 2.24) is 0 Å². The molecule has 3 rings (SSSR count). The van der Waals surface area contributed by atoms with Crippen LogP contribution in [0.5, 0.6) is 5.75 Å². The van der Waals surface area contributed by atoms with Gasteiger partial charge in [0.15, 0.2) is 0 Å². The molecule has 164 valence electrons. The monoisotopic (exact) mass is 411 g/mol. The Hall–Kier alpha value is -2.04. The first kappa shape index (κ1) is 22.6. The Balaban J connectivity index is 1.70. The number of hydrogen-bond acceptors (Lipinski definition) is 3. The molecule has 1 saturated heterocycles. The number of methoxy groups -OCH3 is 1. The molecular weight excluding hydrogens is 372 g/mol. The molecule has 1 aliphatic heterocycles. The average molecular weight is 412 g/mol. The summed E-state index contributed by atoms with van der Waals surface area (Å²) in [5.74, 6) is 1.54. The highest BCUT2D eigenvalue weighted by molar-refractivity contribution is 5.45. The Morgan fingerprint density at radius 1 is 1.13 bits per heavy atom. The minimum atomic E-state index is 0.116. The van der Waals surface area contributed by atoms with E-state index in [4.69, 9.17) is 9.47 Å². The highest BCUT2D eigenvalue weighted by Crippen LogP contribution is 2.44. The molecule has 2 atom stereocenters. The van der Waals surface area contributed by atoms with Gasteiger partial charge in [0, 0.05) is 49.4 Å². The first-order valence-electron chi connectivity index (χ1n) is 11.3. The van der Waals surface area contributed by atoms with Gasteiger partial charge in [0.25, 0.3) is 0 Å². The van der Waals surface area contributed by atoms with Gasteiger partial charge in [-0.15, -0.1) is 0 Å². The fraction of sp³-hybridized carbons (Fsp3) is 0.538. The predicted octanol–water partition coefficient (Wildman–Crippen LogP) is 3.99. The second-order valence-corrected chi connectivity index (χ2v) is 9.18. The van der Waals surface area contributed by atoms with Gasteiger partial charge in [0.05, 0.1) is 19.8 Å². The van der Waals surface area contributed by atoms with Gasteiger partial charge in [0.2, 0.25) is 0 Å². The normalized spacial score (nSPS) is 21.6. The van der Waals surface area contributed by atoms with E-state index in [1.165, 1.54) is 16.8 Å². The second-order valence-electron chi connectivity index (χ2n) is 9.18. The Kier molecular flexibility index (Phi) is 7.79. The lowest BCUT2D eigenvalue weighted by Gasteiger charge is -2.43. The molecular formula is C26H39N2O2+. The first-order chi connectivity index (χ1) is 14.4. The van der Waals surface area contributed by atoms with Crippen molar-refractivity contribution >= 4 is 5.69 Å². The van der Waals surface area contributed by atoms with Crippen molar-refractivity contribution in [3.8, 4) is 5.75 Å². The maximum Gasteiger partial charge on any atom is 0.122 e. The molecule has 2 aromatic rings. The van der Waals surface area contributed by atoms with Crippen LogP contribution < -0.4 is 15.0 Å². The zero-order valence-corrected chi connectivity index (χ0v) is 19.4. The molecule has 2 aromatic carbocycles. The van der Waals surface area contributed by atoms with Gasteiger partial charge in [-0.3, -0.25) is 0 Å². The molecule has 2 N–H and O–H groups in total. The minimum absolute atomic E-state index is 0.116. The summed E-state index contributed by atoms with van der Waals surface area (Å²) >= 11 is 0. The molecule has 0 radical (unpaired) electrons. The van der Waals surface area contributed by atoms with Crippen molar-refractivity contribution in [3.05, 3.63) is 59.7 Å². The summed E-state index contributed by atoms with van der Waals surface area (Å²) in [4.78, 5) is 2.14. The maximum atomic E-state index is 6.14. The molecule has 1 aliphatic rings. The Bertz CT molecular complexity index is 788. The maximum absolute atomic E-state index is 6.14. The Morgan fingerprint density at radius 3 is 2.53 bits per heavy atom. The summed E-state index contributed by atoms with van der Waals surface area (Å²) in [7, 11) is 5.95. The van der Waals surface area contributed by atoms with Crippen LogP contribution in [-0.2, 0) is 16.7 Å². The van der Waals surface area contributed by atoms with Gasteiger partial charge in [-0.1, -0.05) is 44.2 Å². The number of ether oxygens (including phenoxy) is 2. The minimum Gasteiger partial charge on any atom is -0.496 e. The number of rotatable bonds is 9. The van der Waals surface area contributed by atoms with Crippen molar-refractivity contribution in [2.75, 3.05) is 39.3 Å². The topological polar surface area (TPSA) is 38.3 Å². The molecule has 0 bridgehead atoms. The fourth-order valence-corrected chi connectivity index (χ4v) is 4.65. The van der Waals surface area contributed by atoms with E-state index in [1.807, 2.05) is 0 Å². The van der Waals surface area contributed by atoms with Crippen LogP contribution in [0.2, 0.25) is 0 Å². The zero-order valence-electron chi connectivity index (χ0n) is 19.4. The van der Waals surface area contributed by atoms with Gasteiger partial charge in [-0.05, 0) is 37.0 Å². The van der Waals surface area contributed by atoms with E-state index < -0.39 is 0 Å². The lowest BCUT2D eigenvalue weighted by atomic mass is 9.68. The van der Waals surface area contributed by atoms with Crippen molar-refractivity contribution in [2.24, 2.45) is 5.92 Å². The molecule has 30 heavy (non-hydrogen) atoms. The predicted molar refractivity (Wildman–Crippen MR) is 124 cm³/mol. The van der Waals surface area contributed by atoms with Crippen molar-refractivity contribution in [1.29, 1.82) is 0 Å². The highest BCUT2D eigenvalue weighted by atomic mass is 16.5. The van der Waals surface area contributed by atoms with E-state index in [0.717, 1.165) is 44.7 Å². The lowest BCUT2D eigenvalue weighted by Crippen LogP contribution is -2.83. The van der Waals surface area contributed by atoms with Crippen LogP contribution in [0.25, 0.3) is 0 Å². The van der Waals surface area contributed by atoms with Crippen LogP contribution in [0.4, 0.5) is 5.69 Å². The summed E-state index contributed by atoms with van der Waals surface area (Å²) in [6.07, 6.45) is 3.57. The summed E-state index contributed by atoms with van der Waals surface area (Å²) in [6.45, 7) is 7.48. The fourth-order valence-electron chi connectivity index (χ4n) is 4.65. The van der Waals surface area contributed by atoms with Crippen LogP contribution in [0, 0.1) is 5.92 Å². The number of para-hydroxylation sites is 1. The molecule has 4 nitrogen and oxygen atoms in total. The van der Waals surface area contributed by atoms with Gasteiger partial charge < -0.3 is 19.7 Å². The van der Waals surface area contributed by atoms with Crippen LogP contribution >= 0.6 is 0 Å². The van der Waals surface area contributed by atoms with Gasteiger partial charge >= 0.3 is 0 Å². The number of quaternary nitrogens is 1. The van der Waals surface area contributed by atoms with Gasteiger partial charge in [0.1, 0.15) is 12.3 Å². The number of nitrogens with zero attached hydrogens (tertiary/aromatic N) is 1. The summed E-state index contributed by atoms with van der Waals surface area (Å²) in [5.41, 5.74) is 4.09. The quantitative estimate of drug-likeness (QED) is 0.634. The standard InChI is InChI=1S/C26H38N2O2/c1-20(2)25-18-26(15-17-30-25,23-8-6-7-9-24(23)29-5)14-16-27-19-21-10-12-22(13-11-21)28(3)4/h6-13,20,25,27H,14-19H2,1-5H3/p+1/t25-,26+/m0/s1. The molecule has 1 fully saturated rings. The lowest BCUT2D eigenvalue weighted by molar-refractivity contribution is -0.671. The molecule has 0 amide bonds. The molecule has 0 saturated carbocycles. The van der Waals surface area contributed by atoms with Crippen LogP contribution in [0.1, 0.15) is 44.2 Å². The smallest absolute Gasteiger partial charge is 0.122 e. The summed E-state index contributed by atoms with van der Waals surface area (Å²) in [5, 5.41) is 2.45. The summed E-state index contributed by atoms with van der Waals surface area (Å²) in [6, 6.07) is 17.5. The molecule has 0 spiro atoms. The molecule has 1 heterocycles. The SMILES string of the molecule is COc1ccccc1[C@]1(CC[NH2+]Cc2ccc(N(C)C)cc2)CCO[C@H](C(C)C)C1. The molecule has 0 aromatic heterocycles. The van der Waals surface area contributed by atoms with Crippen molar-refractivity contribution < 1.29 is 14.8 Å².